The molecule has 2 amide bonds. The average Bonchev–Trinajstić information content (AvgIpc) is 2.40. The molecule has 1 rings (SSSR count). The highest BCUT2D eigenvalue weighted by atomic mass is 16.2. The van der Waals surface area contributed by atoms with Gasteiger partial charge in [0.2, 0.25) is 11.7 Å². The summed E-state index contributed by atoms with van der Waals surface area (Å²) < 4.78 is 0. The minimum absolute atomic E-state index is 0.0314. The Morgan fingerprint density at radius 3 is 2.58 bits per heavy atom. The molecule has 0 saturated heterocycles. The normalized spacial score (nSPS) is 24.1. The maximum Gasteiger partial charge on any atom is 0.289 e. The second-order valence-corrected chi connectivity index (χ2v) is 4.53. The molecule has 1 heterocycles. The Morgan fingerprint density at radius 2 is 1.79 bits per heavy atom. The highest BCUT2D eigenvalue weighted by molar-refractivity contribution is 6.38. The van der Waals surface area contributed by atoms with Crippen molar-refractivity contribution >= 4 is 17.6 Å². The van der Waals surface area contributed by atoms with Crippen LogP contribution in [0.4, 0.5) is 0 Å². The van der Waals surface area contributed by atoms with Crippen LogP contribution in [0, 0.1) is 0 Å². The van der Waals surface area contributed by atoms with Gasteiger partial charge in [0.1, 0.15) is 0 Å². The van der Waals surface area contributed by atoms with Crippen molar-refractivity contribution in [2.75, 3.05) is 13.1 Å². The maximum absolute atomic E-state index is 11.6. The van der Waals surface area contributed by atoms with Gasteiger partial charge in [0.05, 0.1) is 6.04 Å². The number of ketones is 1. The number of carbonyl (C=O) groups excluding carboxylic acids is 3. The van der Waals surface area contributed by atoms with E-state index in [1.54, 1.807) is 0 Å². The molecule has 0 aromatic heterocycles. The van der Waals surface area contributed by atoms with Crippen molar-refractivity contribution in [2.24, 2.45) is 5.73 Å². The molecule has 0 radical (unpaired) electrons. The number of amides is 2. The van der Waals surface area contributed by atoms with Crippen LogP contribution >= 0.6 is 0 Å². The zero-order valence-electron chi connectivity index (χ0n) is 11.0. The van der Waals surface area contributed by atoms with E-state index in [4.69, 9.17) is 5.73 Å². The van der Waals surface area contributed by atoms with E-state index >= 15 is 0 Å². The first kappa shape index (κ1) is 15.4. The van der Waals surface area contributed by atoms with Gasteiger partial charge in [-0.3, -0.25) is 14.4 Å². The Bertz CT molecular complexity index is 366. The lowest BCUT2D eigenvalue weighted by Gasteiger charge is -2.09. The van der Waals surface area contributed by atoms with E-state index in [1.807, 2.05) is 12.2 Å². The van der Waals surface area contributed by atoms with Crippen LogP contribution in [0.25, 0.3) is 0 Å². The number of carbonyl (C=O) groups is 3. The van der Waals surface area contributed by atoms with Gasteiger partial charge in [0, 0.05) is 19.5 Å². The summed E-state index contributed by atoms with van der Waals surface area (Å²) in [6.07, 6.45) is 7.19. The molecule has 1 aliphatic heterocycles. The highest BCUT2D eigenvalue weighted by Crippen LogP contribution is 2.02. The molecule has 0 bridgehead atoms. The molecule has 106 valence electrons. The molecule has 6 heteroatoms. The lowest BCUT2D eigenvalue weighted by atomic mass is 10.1. The van der Waals surface area contributed by atoms with Crippen LogP contribution < -0.4 is 16.4 Å². The number of nitrogens with one attached hydrogen (secondary N) is 2. The molecule has 0 fully saturated rings. The molecule has 0 spiro atoms. The average molecular weight is 267 g/mol. The van der Waals surface area contributed by atoms with Gasteiger partial charge < -0.3 is 16.4 Å². The summed E-state index contributed by atoms with van der Waals surface area (Å²) in [5.74, 6) is -1.34. The van der Waals surface area contributed by atoms with Crippen LogP contribution in [0.3, 0.4) is 0 Å². The molecular formula is C13H21N3O3. The predicted octanol–water partition coefficient (Wildman–Crippen LogP) is -0.364. The van der Waals surface area contributed by atoms with Crippen LogP contribution in [0.5, 0.6) is 0 Å². The molecule has 0 aliphatic carbocycles. The Kier molecular flexibility index (Phi) is 6.81. The third-order valence-corrected chi connectivity index (χ3v) is 2.87. The number of Topliss-reactive ketones (excluding diaryl/α,β-unsaturated/α-hetero) is 1. The van der Waals surface area contributed by atoms with Crippen molar-refractivity contribution < 1.29 is 14.4 Å². The van der Waals surface area contributed by atoms with E-state index < -0.39 is 17.7 Å². The van der Waals surface area contributed by atoms with Gasteiger partial charge in [0.25, 0.3) is 5.91 Å². The zero-order valence-corrected chi connectivity index (χ0v) is 11.0. The predicted molar refractivity (Wildman–Crippen MR) is 71.2 cm³/mol. The van der Waals surface area contributed by atoms with Crippen molar-refractivity contribution in [1.29, 1.82) is 0 Å². The second kappa shape index (κ2) is 8.42. The Balaban J connectivity index is 2.53. The smallest absolute Gasteiger partial charge is 0.289 e. The fourth-order valence-electron chi connectivity index (χ4n) is 1.74. The van der Waals surface area contributed by atoms with Gasteiger partial charge in [-0.1, -0.05) is 12.2 Å². The summed E-state index contributed by atoms with van der Waals surface area (Å²) >= 11 is 0. The summed E-state index contributed by atoms with van der Waals surface area (Å²) in [5, 5.41) is 5.13. The monoisotopic (exact) mass is 267 g/mol. The molecule has 4 N–H and O–H groups in total. The minimum atomic E-state index is -0.795. The lowest BCUT2D eigenvalue weighted by Crippen LogP contribution is -2.44. The fourth-order valence-corrected chi connectivity index (χ4v) is 1.74. The van der Waals surface area contributed by atoms with Gasteiger partial charge in [-0.05, 0) is 25.7 Å². The summed E-state index contributed by atoms with van der Waals surface area (Å²) in [4.78, 5) is 34.4. The number of hydrogen-bond acceptors (Lipinski definition) is 4. The largest absolute Gasteiger partial charge is 0.354 e. The Labute approximate surface area is 112 Å². The molecular weight excluding hydrogens is 246 g/mol. The van der Waals surface area contributed by atoms with E-state index in [1.165, 1.54) is 0 Å². The molecule has 0 aromatic rings. The van der Waals surface area contributed by atoms with Gasteiger partial charge in [-0.15, -0.1) is 0 Å². The minimum Gasteiger partial charge on any atom is -0.354 e. The Morgan fingerprint density at radius 1 is 1.05 bits per heavy atom. The summed E-state index contributed by atoms with van der Waals surface area (Å²) in [5.41, 5.74) is 5.64. The van der Waals surface area contributed by atoms with E-state index in [0.717, 1.165) is 19.3 Å². The number of nitrogens with two attached hydrogens (primary N) is 1. The van der Waals surface area contributed by atoms with Crippen LogP contribution in [-0.4, -0.2) is 36.7 Å². The lowest BCUT2D eigenvalue weighted by molar-refractivity contribution is -0.138. The number of rotatable bonds is 0. The number of allylic oxidation sites excluding steroid dienone is 1. The first-order chi connectivity index (χ1) is 9.11. The van der Waals surface area contributed by atoms with Gasteiger partial charge in [0.15, 0.2) is 0 Å². The quantitative estimate of drug-likeness (QED) is 0.412. The van der Waals surface area contributed by atoms with Crippen molar-refractivity contribution in [3.8, 4) is 0 Å². The SMILES string of the molecule is NC1CC=CCCCCC(=O)NCCNC(=O)C1=O. The molecule has 0 aromatic carbocycles. The topological polar surface area (TPSA) is 101 Å². The first-order valence-electron chi connectivity index (χ1n) is 6.60. The van der Waals surface area contributed by atoms with Gasteiger partial charge >= 0.3 is 0 Å². The summed E-state index contributed by atoms with van der Waals surface area (Å²) in [7, 11) is 0. The van der Waals surface area contributed by atoms with Crippen molar-refractivity contribution in [1.82, 2.24) is 10.6 Å². The third kappa shape index (κ3) is 6.15. The van der Waals surface area contributed by atoms with Crippen LogP contribution in [0.2, 0.25) is 0 Å². The molecule has 1 aliphatic rings. The first-order valence-corrected chi connectivity index (χ1v) is 6.60. The second-order valence-electron chi connectivity index (χ2n) is 4.53. The zero-order chi connectivity index (χ0) is 14.1. The number of hydrogen-bond donors (Lipinski definition) is 3. The molecule has 19 heavy (non-hydrogen) atoms. The van der Waals surface area contributed by atoms with Crippen LogP contribution in [0.1, 0.15) is 32.1 Å². The fraction of sp³-hybridized carbons (Fsp3) is 0.615. The Hall–Kier alpha value is -1.69. The van der Waals surface area contributed by atoms with E-state index in [2.05, 4.69) is 10.6 Å². The van der Waals surface area contributed by atoms with Crippen molar-refractivity contribution in [3.05, 3.63) is 12.2 Å². The summed E-state index contributed by atoms with van der Waals surface area (Å²) in [6.45, 7) is 0.560. The van der Waals surface area contributed by atoms with Gasteiger partial charge in [-0.2, -0.15) is 0 Å². The van der Waals surface area contributed by atoms with E-state index in [0.29, 0.717) is 19.4 Å². The molecule has 1 unspecified atom stereocenters. The molecule has 6 nitrogen and oxygen atoms in total. The third-order valence-electron chi connectivity index (χ3n) is 2.87. The summed E-state index contributed by atoms with van der Waals surface area (Å²) in [6, 6.07) is -0.795. The van der Waals surface area contributed by atoms with Crippen molar-refractivity contribution in [2.45, 2.75) is 38.1 Å². The van der Waals surface area contributed by atoms with E-state index in [9.17, 15) is 14.4 Å². The standard InChI is InChI=1S/C13H21N3O3/c14-10-6-4-2-1-3-5-7-11(17)15-8-9-16-13(19)12(10)18/h2,4,10H,1,3,5-9,14H2,(H,15,17)(H,16,19). The maximum atomic E-state index is 11.6. The molecule has 0 saturated carbocycles. The molecule has 1 atom stereocenters. The highest BCUT2D eigenvalue weighted by Gasteiger charge is 2.20. The van der Waals surface area contributed by atoms with Crippen molar-refractivity contribution in [3.63, 3.8) is 0 Å². The van der Waals surface area contributed by atoms with Gasteiger partial charge in [-0.25, -0.2) is 0 Å². The van der Waals surface area contributed by atoms with E-state index in [-0.39, 0.29) is 12.5 Å². The van der Waals surface area contributed by atoms with Crippen LogP contribution in [-0.2, 0) is 14.4 Å². The van der Waals surface area contributed by atoms with Crippen LogP contribution in [0.15, 0.2) is 12.2 Å².